The Morgan fingerprint density at radius 1 is 1.31 bits per heavy atom. The highest BCUT2D eigenvalue weighted by Gasteiger charge is 2.33. The molecule has 1 unspecified atom stereocenters. The Morgan fingerprint density at radius 3 is 2.69 bits per heavy atom. The molecule has 3 N–H and O–H groups in total. The van der Waals surface area contributed by atoms with E-state index in [0.29, 0.717) is 17.5 Å². The van der Waals surface area contributed by atoms with E-state index >= 15 is 0 Å². The smallest absolute Gasteiger partial charge is 0.233 e. The van der Waals surface area contributed by atoms with Gasteiger partial charge in [-0.1, -0.05) is 13.0 Å². The van der Waals surface area contributed by atoms with Crippen LogP contribution in [0.15, 0.2) is 23.4 Å². The molecule has 0 saturated heterocycles. The maximum atomic E-state index is 13.4. The highest BCUT2D eigenvalue weighted by molar-refractivity contribution is 7.92. The third-order valence-electron chi connectivity index (χ3n) is 3.99. The molecule has 7 nitrogen and oxygen atoms in total. The first-order chi connectivity index (χ1) is 12.2. The second-order valence-corrected chi connectivity index (χ2v) is 8.10. The van der Waals surface area contributed by atoms with Gasteiger partial charge >= 0.3 is 0 Å². The zero-order valence-corrected chi connectivity index (χ0v) is 14.8. The number of halogens is 2. The number of carbonyl (C=O) groups excluding carboxylic acids is 1. The molecule has 0 spiro atoms. The Morgan fingerprint density at radius 2 is 2.04 bits per heavy atom. The summed E-state index contributed by atoms with van der Waals surface area (Å²) in [6.45, 7) is 1.73. The van der Waals surface area contributed by atoms with Gasteiger partial charge in [-0.25, -0.2) is 27.7 Å². The van der Waals surface area contributed by atoms with Gasteiger partial charge in [0.25, 0.3) is 0 Å². The second kappa shape index (κ2) is 6.60. The van der Waals surface area contributed by atoms with Crippen LogP contribution in [0.3, 0.4) is 0 Å². The third kappa shape index (κ3) is 3.24. The maximum absolute atomic E-state index is 13.4. The van der Waals surface area contributed by atoms with Crippen molar-refractivity contribution in [2.45, 2.75) is 31.5 Å². The Kier molecular flexibility index (Phi) is 4.61. The molecule has 1 aromatic carbocycles. The van der Waals surface area contributed by atoms with E-state index in [0.717, 1.165) is 12.1 Å². The summed E-state index contributed by atoms with van der Waals surface area (Å²) in [5.74, 6) is -2.10. The number of nitrogen functional groups attached to an aromatic ring is 1. The van der Waals surface area contributed by atoms with E-state index in [1.807, 2.05) is 0 Å². The number of hydrogen-bond acceptors (Lipinski definition) is 6. The zero-order chi connectivity index (χ0) is 19.1. The summed E-state index contributed by atoms with van der Waals surface area (Å²) in [7, 11) is -3.23. The standard InChI is InChI=1S/C16H17F2N5O2S/c1-2-5-26(20,25)16-21-14(19)10-7-13(24)23(15(10)22-16)8-9-3-4-11(17)12(18)6-9/h3-4,6,20H,2,5,7-8H2,1H3,(H2,19,21,22). The highest BCUT2D eigenvalue weighted by atomic mass is 32.2. The van der Waals surface area contributed by atoms with Crippen LogP contribution in [0.25, 0.3) is 0 Å². The molecule has 2 aromatic rings. The van der Waals surface area contributed by atoms with Crippen molar-refractivity contribution in [3.05, 3.63) is 41.0 Å². The molecule has 1 aliphatic rings. The van der Waals surface area contributed by atoms with Gasteiger partial charge in [-0.3, -0.25) is 9.69 Å². The summed E-state index contributed by atoms with van der Waals surface area (Å²) in [5, 5.41) is -0.222. The monoisotopic (exact) mass is 381 g/mol. The lowest BCUT2D eigenvalue weighted by Crippen LogP contribution is -2.27. The van der Waals surface area contributed by atoms with Crippen LogP contribution in [0.4, 0.5) is 20.4 Å². The first-order valence-corrected chi connectivity index (χ1v) is 9.63. The maximum Gasteiger partial charge on any atom is 0.233 e. The molecule has 0 saturated carbocycles. The second-order valence-electron chi connectivity index (χ2n) is 5.98. The zero-order valence-electron chi connectivity index (χ0n) is 14.0. The van der Waals surface area contributed by atoms with Gasteiger partial charge in [-0.2, -0.15) is 0 Å². The van der Waals surface area contributed by atoms with Crippen molar-refractivity contribution in [2.24, 2.45) is 0 Å². The predicted octanol–water partition coefficient (Wildman–Crippen LogP) is 2.24. The number of nitrogens with one attached hydrogen (secondary N) is 1. The van der Waals surface area contributed by atoms with Crippen LogP contribution in [-0.4, -0.2) is 25.8 Å². The van der Waals surface area contributed by atoms with E-state index in [1.54, 1.807) is 6.92 Å². The van der Waals surface area contributed by atoms with Gasteiger partial charge in [-0.05, 0) is 24.1 Å². The van der Waals surface area contributed by atoms with Gasteiger partial charge in [0, 0.05) is 11.3 Å². The summed E-state index contributed by atoms with van der Waals surface area (Å²) in [5.41, 5.74) is 6.63. The van der Waals surface area contributed by atoms with E-state index in [9.17, 15) is 17.8 Å². The van der Waals surface area contributed by atoms with Crippen molar-refractivity contribution < 1.29 is 17.8 Å². The Hall–Kier alpha value is -2.62. The van der Waals surface area contributed by atoms with Crippen LogP contribution < -0.4 is 10.6 Å². The van der Waals surface area contributed by atoms with Crippen molar-refractivity contribution in [3.8, 4) is 0 Å². The molecular weight excluding hydrogens is 364 g/mol. The van der Waals surface area contributed by atoms with Gasteiger partial charge in [-0.15, -0.1) is 0 Å². The topological polar surface area (TPSA) is 113 Å². The first kappa shape index (κ1) is 18.2. The molecule has 0 bridgehead atoms. The fraction of sp³-hybridized carbons (Fsp3) is 0.312. The number of carbonyl (C=O) groups is 1. The molecule has 138 valence electrons. The van der Waals surface area contributed by atoms with E-state index in [2.05, 4.69) is 9.97 Å². The molecule has 1 amide bonds. The summed E-state index contributed by atoms with van der Waals surface area (Å²) in [4.78, 5) is 21.7. The first-order valence-electron chi connectivity index (χ1n) is 7.90. The predicted molar refractivity (Wildman–Crippen MR) is 92.0 cm³/mol. The minimum atomic E-state index is -3.23. The molecule has 2 heterocycles. The Bertz CT molecular complexity index is 994. The molecule has 1 aliphatic heterocycles. The number of hydrogen-bond donors (Lipinski definition) is 2. The number of benzene rings is 1. The SMILES string of the molecule is CCCS(=N)(=O)c1nc(N)c2c(n1)N(Cc1ccc(F)c(F)c1)C(=O)C2. The van der Waals surface area contributed by atoms with Crippen LogP contribution in [0.5, 0.6) is 0 Å². The van der Waals surface area contributed by atoms with Gasteiger partial charge in [0.15, 0.2) is 11.6 Å². The lowest BCUT2D eigenvalue weighted by molar-refractivity contribution is -0.117. The number of amides is 1. The number of nitrogens with zero attached hydrogens (tertiary/aromatic N) is 3. The number of rotatable bonds is 5. The molecule has 26 heavy (non-hydrogen) atoms. The summed E-state index contributed by atoms with van der Waals surface area (Å²) < 4.78 is 46.9. The molecule has 0 aliphatic carbocycles. The van der Waals surface area contributed by atoms with E-state index < -0.39 is 21.4 Å². The number of aromatic nitrogens is 2. The van der Waals surface area contributed by atoms with Gasteiger partial charge in [0.05, 0.1) is 13.0 Å². The largest absolute Gasteiger partial charge is 0.383 e. The fourth-order valence-corrected chi connectivity index (χ4v) is 3.97. The quantitative estimate of drug-likeness (QED) is 0.771. The third-order valence-corrected chi connectivity index (χ3v) is 5.75. The summed E-state index contributed by atoms with van der Waals surface area (Å²) in [6, 6.07) is 3.33. The molecule has 0 fully saturated rings. The summed E-state index contributed by atoms with van der Waals surface area (Å²) in [6.07, 6.45) is 0.457. The van der Waals surface area contributed by atoms with Crippen molar-refractivity contribution in [2.75, 3.05) is 16.4 Å². The minimum Gasteiger partial charge on any atom is -0.383 e. The fourth-order valence-electron chi connectivity index (χ4n) is 2.74. The molecular formula is C16H17F2N5O2S. The van der Waals surface area contributed by atoms with E-state index in [4.69, 9.17) is 10.5 Å². The average molecular weight is 381 g/mol. The minimum absolute atomic E-state index is 0.00205. The van der Waals surface area contributed by atoms with Crippen molar-refractivity contribution >= 4 is 27.3 Å². The van der Waals surface area contributed by atoms with Crippen LogP contribution in [0, 0.1) is 16.4 Å². The van der Waals surface area contributed by atoms with Crippen LogP contribution in [0.1, 0.15) is 24.5 Å². The number of anilines is 2. The lowest BCUT2D eigenvalue weighted by Gasteiger charge is -2.18. The summed E-state index contributed by atoms with van der Waals surface area (Å²) >= 11 is 0. The molecule has 3 rings (SSSR count). The molecule has 10 heteroatoms. The molecule has 0 radical (unpaired) electrons. The van der Waals surface area contributed by atoms with Crippen molar-refractivity contribution in [1.29, 1.82) is 4.78 Å². The van der Waals surface area contributed by atoms with Crippen molar-refractivity contribution in [1.82, 2.24) is 9.97 Å². The van der Waals surface area contributed by atoms with Crippen LogP contribution in [-0.2, 0) is 27.5 Å². The number of nitrogens with two attached hydrogens (primary N) is 1. The van der Waals surface area contributed by atoms with Gasteiger partial charge in [0.1, 0.15) is 21.4 Å². The van der Waals surface area contributed by atoms with Gasteiger partial charge in [0.2, 0.25) is 11.1 Å². The van der Waals surface area contributed by atoms with E-state index in [-0.39, 0.29) is 41.4 Å². The van der Waals surface area contributed by atoms with E-state index in [1.165, 1.54) is 11.0 Å². The highest BCUT2D eigenvalue weighted by Crippen LogP contribution is 2.33. The average Bonchev–Trinajstić information content (AvgIpc) is 2.88. The van der Waals surface area contributed by atoms with Gasteiger partial charge < -0.3 is 5.73 Å². The lowest BCUT2D eigenvalue weighted by atomic mass is 10.2. The van der Waals surface area contributed by atoms with Crippen molar-refractivity contribution in [3.63, 3.8) is 0 Å². The van der Waals surface area contributed by atoms with Crippen LogP contribution >= 0.6 is 0 Å². The van der Waals surface area contributed by atoms with Crippen LogP contribution in [0.2, 0.25) is 0 Å². The Labute approximate surface area is 149 Å². The Balaban J connectivity index is 2.02. The molecule has 1 atom stereocenters. The normalized spacial score (nSPS) is 15.8. The molecule has 1 aromatic heterocycles. The number of fused-ring (bicyclic) bond motifs is 1.